The minimum atomic E-state index is 0.507. The molecule has 110 valence electrons. The molecule has 0 unspecified atom stereocenters. The van der Waals surface area contributed by atoms with Gasteiger partial charge in [0, 0.05) is 12.6 Å². The van der Waals surface area contributed by atoms with Gasteiger partial charge in [-0.15, -0.1) is 0 Å². The molecule has 0 fully saturated rings. The van der Waals surface area contributed by atoms with Crippen LogP contribution in [0.3, 0.4) is 0 Å². The molecule has 3 rings (SSSR count). The van der Waals surface area contributed by atoms with E-state index in [9.17, 15) is 0 Å². The van der Waals surface area contributed by atoms with Gasteiger partial charge in [0.1, 0.15) is 19.0 Å². The van der Waals surface area contributed by atoms with E-state index in [1.807, 2.05) is 20.0 Å². The van der Waals surface area contributed by atoms with Crippen LogP contribution in [-0.2, 0) is 0 Å². The zero-order chi connectivity index (χ0) is 15.0. The summed E-state index contributed by atoms with van der Waals surface area (Å²) in [7, 11) is 1.84. The van der Waals surface area contributed by atoms with Crippen LogP contribution >= 0.6 is 34.2 Å². The van der Waals surface area contributed by atoms with Gasteiger partial charge in [0.15, 0.2) is 17.3 Å². The Labute approximate surface area is 141 Å². The molecule has 0 amide bonds. The number of anilines is 1. The van der Waals surface area contributed by atoms with E-state index in [2.05, 4.69) is 37.9 Å². The number of aromatic nitrogens is 2. The lowest BCUT2D eigenvalue weighted by Crippen LogP contribution is -2.15. The first-order valence-corrected chi connectivity index (χ1v) is 7.87. The van der Waals surface area contributed by atoms with Crippen LogP contribution < -0.4 is 14.8 Å². The Morgan fingerprint density at radius 3 is 2.76 bits per heavy atom. The highest BCUT2D eigenvalue weighted by Crippen LogP contribution is 2.40. The molecule has 0 saturated carbocycles. The van der Waals surface area contributed by atoms with Crippen LogP contribution in [0, 0.1) is 10.5 Å². The summed E-state index contributed by atoms with van der Waals surface area (Å²) in [6.07, 6.45) is 0. The molecule has 21 heavy (non-hydrogen) atoms. The highest BCUT2D eigenvalue weighted by molar-refractivity contribution is 14.1. The lowest BCUT2D eigenvalue weighted by molar-refractivity contribution is 0.172. The molecular weight excluding hydrogens is 405 g/mol. The topological polar surface area (TPSA) is 56.3 Å². The van der Waals surface area contributed by atoms with Crippen molar-refractivity contribution in [2.24, 2.45) is 0 Å². The van der Waals surface area contributed by atoms with E-state index >= 15 is 0 Å². The molecule has 1 N–H and O–H groups in total. The summed E-state index contributed by atoms with van der Waals surface area (Å²) in [5, 5.41) is 3.58. The van der Waals surface area contributed by atoms with Gasteiger partial charge in [-0.2, -0.15) is 0 Å². The maximum absolute atomic E-state index is 6.26. The number of benzene rings is 1. The Hall–Kier alpha value is -1.28. The molecule has 1 aliphatic rings. The largest absolute Gasteiger partial charge is 0.486 e. The molecule has 0 aliphatic carbocycles. The standard InChI is InChI=1S/C14H13ClIN3O2/c1-7-11(16)14(17-2)19-13(18-7)8-5-9(15)12-10(6-8)20-3-4-21-12/h5-6H,3-4H2,1-2H3,(H,17,18,19). The molecule has 1 aliphatic heterocycles. The average Bonchev–Trinajstić information content (AvgIpc) is 2.50. The normalized spacial score (nSPS) is 13.1. The van der Waals surface area contributed by atoms with Crippen molar-refractivity contribution >= 4 is 40.0 Å². The molecule has 2 aromatic rings. The quantitative estimate of drug-likeness (QED) is 0.758. The van der Waals surface area contributed by atoms with Gasteiger partial charge in [-0.05, 0) is 41.6 Å². The van der Waals surface area contributed by atoms with E-state index in [1.165, 1.54) is 0 Å². The first-order valence-electron chi connectivity index (χ1n) is 6.41. The second-order valence-corrected chi connectivity index (χ2v) is 6.01. The smallest absolute Gasteiger partial charge is 0.179 e. The molecule has 1 aromatic heterocycles. The Kier molecular flexibility index (Phi) is 4.08. The third-order valence-corrected chi connectivity index (χ3v) is 4.68. The van der Waals surface area contributed by atoms with Crippen molar-refractivity contribution in [3.05, 3.63) is 26.4 Å². The van der Waals surface area contributed by atoms with Crippen LogP contribution in [0.2, 0.25) is 5.02 Å². The summed E-state index contributed by atoms with van der Waals surface area (Å²) < 4.78 is 12.1. The number of rotatable bonds is 2. The van der Waals surface area contributed by atoms with Crippen molar-refractivity contribution in [1.82, 2.24) is 9.97 Å². The van der Waals surface area contributed by atoms with Crippen molar-refractivity contribution in [3.63, 3.8) is 0 Å². The van der Waals surface area contributed by atoms with Gasteiger partial charge in [0.25, 0.3) is 0 Å². The highest BCUT2D eigenvalue weighted by Gasteiger charge is 2.19. The monoisotopic (exact) mass is 417 g/mol. The summed E-state index contributed by atoms with van der Waals surface area (Å²) in [5.41, 5.74) is 1.72. The number of hydrogen-bond acceptors (Lipinski definition) is 5. The Morgan fingerprint density at radius 2 is 2.00 bits per heavy atom. The van der Waals surface area contributed by atoms with Crippen LogP contribution in [0.4, 0.5) is 5.82 Å². The van der Waals surface area contributed by atoms with Gasteiger partial charge in [-0.3, -0.25) is 0 Å². The third kappa shape index (κ3) is 2.74. The predicted molar refractivity (Wildman–Crippen MR) is 90.5 cm³/mol. The molecule has 0 radical (unpaired) electrons. The SMILES string of the molecule is CNc1nc(-c2cc(Cl)c3c(c2)OCCO3)nc(C)c1I. The number of hydrogen-bond donors (Lipinski definition) is 1. The van der Waals surface area contributed by atoms with Crippen molar-refractivity contribution in [2.45, 2.75) is 6.92 Å². The fourth-order valence-corrected chi connectivity index (χ4v) is 2.87. The Balaban J connectivity index is 2.13. The minimum Gasteiger partial charge on any atom is -0.486 e. The van der Waals surface area contributed by atoms with Gasteiger partial charge < -0.3 is 14.8 Å². The van der Waals surface area contributed by atoms with Crippen LogP contribution in [0.1, 0.15) is 5.69 Å². The van der Waals surface area contributed by atoms with Crippen molar-refractivity contribution in [1.29, 1.82) is 0 Å². The Morgan fingerprint density at radius 1 is 1.24 bits per heavy atom. The number of aryl methyl sites for hydroxylation is 1. The van der Waals surface area contributed by atoms with Gasteiger partial charge in [-0.1, -0.05) is 11.6 Å². The molecule has 0 bridgehead atoms. The van der Waals surface area contributed by atoms with E-state index < -0.39 is 0 Å². The number of ether oxygens (including phenoxy) is 2. The highest BCUT2D eigenvalue weighted by atomic mass is 127. The molecule has 2 heterocycles. The summed E-state index contributed by atoms with van der Waals surface area (Å²) in [6, 6.07) is 3.66. The van der Waals surface area contributed by atoms with Crippen molar-refractivity contribution in [2.75, 3.05) is 25.6 Å². The zero-order valence-electron chi connectivity index (χ0n) is 11.5. The maximum atomic E-state index is 6.26. The molecule has 0 atom stereocenters. The fourth-order valence-electron chi connectivity index (χ4n) is 2.09. The summed E-state index contributed by atoms with van der Waals surface area (Å²) in [6.45, 7) is 2.98. The van der Waals surface area contributed by atoms with E-state index in [-0.39, 0.29) is 0 Å². The lowest BCUT2D eigenvalue weighted by Gasteiger charge is -2.20. The molecule has 0 saturated heterocycles. The number of fused-ring (bicyclic) bond motifs is 1. The van der Waals surface area contributed by atoms with Gasteiger partial charge in [-0.25, -0.2) is 9.97 Å². The first-order chi connectivity index (χ1) is 10.1. The Bertz CT molecular complexity index is 709. The molecule has 0 spiro atoms. The van der Waals surface area contributed by atoms with Crippen LogP contribution in [-0.4, -0.2) is 30.2 Å². The van der Waals surface area contributed by atoms with Crippen LogP contribution in [0.5, 0.6) is 11.5 Å². The maximum Gasteiger partial charge on any atom is 0.179 e. The zero-order valence-corrected chi connectivity index (χ0v) is 14.4. The summed E-state index contributed by atoms with van der Waals surface area (Å²) in [4.78, 5) is 9.06. The van der Waals surface area contributed by atoms with E-state index in [0.29, 0.717) is 35.6 Å². The van der Waals surface area contributed by atoms with E-state index in [1.54, 1.807) is 6.07 Å². The fraction of sp³-hybridized carbons (Fsp3) is 0.286. The van der Waals surface area contributed by atoms with Crippen molar-refractivity contribution in [3.8, 4) is 22.9 Å². The number of halogens is 2. The second-order valence-electron chi connectivity index (χ2n) is 4.53. The molecular formula is C14H13ClIN3O2. The first kappa shape index (κ1) is 14.6. The number of nitrogens with zero attached hydrogens (tertiary/aromatic N) is 2. The molecule has 1 aromatic carbocycles. The lowest BCUT2D eigenvalue weighted by atomic mass is 10.1. The number of nitrogens with one attached hydrogen (secondary N) is 1. The second kappa shape index (κ2) is 5.84. The third-order valence-electron chi connectivity index (χ3n) is 3.11. The molecule has 7 heteroatoms. The summed E-state index contributed by atoms with van der Waals surface area (Å²) in [5.74, 6) is 2.62. The van der Waals surface area contributed by atoms with E-state index in [0.717, 1.165) is 20.6 Å². The van der Waals surface area contributed by atoms with E-state index in [4.69, 9.17) is 21.1 Å². The van der Waals surface area contributed by atoms with Crippen molar-refractivity contribution < 1.29 is 9.47 Å². The predicted octanol–water partition coefficient (Wildman–Crippen LogP) is 3.52. The van der Waals surface area contributed by atoms with Gasteiger partial charge >= 0.3 is 0 Å². The van der Waals surface area contributed by atoms with Crippen LogP contribution in [0.15, 0.2) is 12.1 Å². The molecule has 5 nitrogen and oxygen atoms in total. The minimum absolute atomic E-state index is 0.507. The summed E-state index contributed by atoms with van der Waals surface area (Å²) >= 11 is 8.49. The average molecular weight is 418 g/mol. The van der Waals surface area contributed by atoms with Gasteiger partial charge in [0.05, 0.1) is 14.3 Å². The van der Waals surface area contributed by atoms with Crippen LogP contribution in [0.25, 0.3) is 11.4 Å². The van der Waals surface area contributed by atoms with Gasteiger partial charge in [0.2, 0.25) is 0 Å².